The summed E-state index contributed by atoms with van der Waals surface area (Å²) in [5.41, 5.74) is 11.3. The number of methoxy groups -OCH3 is 1. The summed E-state index contributed by atoms with van der Waals surface area (Å²) in [4.78, 5) is 14.6. The fourth-order valence-corrected chi connectivity index (χ4v) is 4.32. The number of β-lactam (4-membered cyclic amide) rings is 1. The molecule has 34 heavy (non-hydrogen) atoms. The lowest BCUT2D eigenvalue weighted by Crippen LogP contribution is -2.63. The van der Waals surface area contributed by atoms with Gasteiger partial charge in [-0.2, -0.15) is 0 Å². The van der Waals surface area contributed by atoms with E-state index >= 15 is 0 Å². The van der Waals surface area contributed by atoms with Gasteiger partial charge < -0.3 is 20.1 Å². The Balaban J connectivity index is 1.44. The van der Waals surface area contributed by atoms with E-state index in [1.807, 2.05) is 91.0 Å². The Morgan fingerprint density at radius 1 is 0.824 bits per heavy atom. The molecule has 4 aromatic carbocycles. The number of rotatable bonds is 7. The molecule has 1 heterocycles. The highest BCUT2D eigenvalue weighted by atomic mass is 16.5. The van der Waals surface area contributed by atoms with Crippen LogP contribution in [0, 0.1) is 0 Å². The highest BCUT2D eigenvalue weighted by Crippen LogP contribution is 2.43. The van der Waals surface area contributed by atoms with Gasteiger partial charge in [0.05, 0.1) is 13.2 Å². The van der Waals surface area contributed by atoms with Crippen LogP contribution in [0.5, 0.6) is 11.5 Å². The first kappa shape index (κ1) is 21.7. The van der Waals surface area contributed by atoms with Crippen LogP contribution in [0.1, 0.15) is 17.2 Å². The Kier molecular flexibility index (Phi) is 6.02. The molecule has 2 atom stereocenters. The van der Waals surface area contributed by atoms with Gasteiger partial charge in [-0.05, 0) is 41.0 Å². The first-order valence-electron chi connectivity index (χ1n) is 11.2. The van der Waals surface area contributed by atoms with E-state index in [1.165, 1.54) is 0 Å². The number of carbonyl (C=O) groups is 1. The molecule has 5 rings (SSSR count). The van der Waals surface area contributed by atoms with Crippen LogP contribution in [0.2, 0.25) is 0 Å². The largest absolute Gasteiger partial charge is 0.497 e. The Morgan fingerprint density at radius 2 is 1.47 bits per heavy atom. The lowest BCUT2D eigenvalue weighted by atomic mass is 9.87. The van der Waals surface area contributed by atoms with E-state index in [-0.39, 0.29) is 11.9 Å². The molecule has 0 aromatic heterocycles. The van der Waals surface area contributed by atoms with Crippen LogP contribution in [0.4, 0.5) is 5.69 Å². The number of amides is 1. The smallest absolute Gasteiger partial charge is 0.247 e. The molecule has 0 radical (unpaired) electrons. The zero-order valence-corrected chi connectivity index (χ0v) is 18.9. The van der Waals surface area contributed by atoms with Crippen LogP contribution in [-0.4, -0.2) is 19.1 Å². The molecule has 170 valence electrons. The quantitative estimate of drug-likeness (QED) is 0.385. The van der Waals surface area contributed by atoms with E-state index in [0.717, 1.165) is 27.9 Å². The lowest BCUT2D eigenvalue weighted by molar-refractivity contribution is -0.126. The van der Waals surface area contributed by atoms with Gasteiger partial charge in [0.1, 0.15) is 24.1 Å². The Hall–Kier alpha value is -4.09. The van der Waals surface area contributed by atoms with Crippen molar-refractivity contribution in [3.05, 3.63) is 114 Å². The summed E-state index contributed by atoms with van der Waals surface area (Å²) in [6, 6.07) is 32.8. The minimum atomic E-state index is -0.638. The van der Waals surface area contributed by atoms with Crippen LogP contribution in [0.25, 0.3) is 11.1 Å². The van der Waals surface area contributed by atoms with Crippen LogP contribution in [-0.2, 0) is 11.4 Å². The molecule has 1 aliphatic heterocycles. The summed E-state index contributed by atoms with van der Waals surface area (Å²) in [5, 5.41) is 0. The predicted molar refractivity (Wildman–Crippen MR) is 134 cm³/mol. The molecular formula is C29H26N2O3. The third kappa shape index (κ3) is 4.14. The molecule has 0 bridgehead atoms. The van der Waals surface area contributed by atoms with Gasteiger partial charge in [0.2, 0.25) is 5.91 Å². The number of hydrogen-bond donors (Lipinski definition) is 1. The number of nitrogens with zero attached hydrogens (tertiary/aromatic N) is 1. The normalized spacial score (nSPS) is 17.2. The predicted octanol–water partition coefficient (Wildman–Crippen LogP) is 5.36. The number of nitrogens with two attached hydrogens (primary N) is 1. The minimum absolute atomic E-state index is 0.109. The van der Waals surface area contributed by atoms with Crippen LogP contribution >= 0.6 is 0 Å². The van der Waals surface area contributed by atoms with Crippen LogP contribution < -0.4 is 20.1 Å². The fraction of sp³-hybridized carbons (Fsp3) is 0.138. The van der Waals surface area contributed by atoms with Gasteiger partial charge in [-0.15, -0.1) is 0 Å². The summed E-state index contributed by atoms with van der Waals surface area (Å²) < 4.78 is 11.6. The van der Waals surface area contributed by atoms with Gasteiger partial charge in [-0.1, -0.05) is 72.8 Å². The van der Waals surface area contributed by atoms with Crippen molar-refractivity contribution in [1.82, 2.24) is 0 Å². The zero-order chi connectivity index (χ0) is 23.5. The van der Waals surface area contributed by atoms with E-state index in [2.05, 4.69) is 12.1 Å². The van der Waals surface area contributed by atoms with Crippen molar-refractivity contribution in [2.75, 3.05) is 12.0 Å². The van der Waals surface area contributed by atoms with Gasteiger partial charge in [-0.25, -0.2) is 0 Å². The van der Waals surface area contributed by atoms with E-state index < -0.39 is 6.04 Å². The monoisotopic (exact) mass is 450 g/mol. The first-order valence-corrected chi connectivity index (χ1v) is 11.2. The SMILES string of the molecule is COc1ccc([C@@H]2[C@@H](N)C(=O)N2c2ccc(-c3ccccc3)cc2)c(OCc2ccccc2)c1. The molecule has 5 heteroatoms. The van der Waals surface area contributed by atoms with Gasteiger partial charge in [0.15, 0.2) is 0 Å². The van der Waals surface area contributed by atoms with E-state index in [0.29, 0.717) is 18.1 Å². The standard InChI is InChI=1S/C29H26N2O3/c1-33-24-16-17-25(26(18-24)34-19-20-8-4-2-5-9-20)28-27(30)29(32)31(28)23-14-12-22(13-15-23)21-10-6-3-7-11-21/h2-18,27-28H,19,30H2,1H3/t27-,28-/m1/s1. The Bertz CT molecular complexity index is 1270. The molecule has 0 spiro atoms. The molecule has 0 aliphatic carbocycles. The fourth-order valence-electron chi connectivity index (χ4n) is 4.32. The van der Waals surface area contributed by atoms with Crippen molar-refractivity contribution in [2.45, 2.75) is 18.7 Å². The lowest BCUT2D eigenvalue weighted by Gasteiger charge is -2.46. The van der Waals surface area contributed by atoms with Gasteiger partial charge in [0.25, 0.3) is 0 Å². The number of ether oxygens (including phenoxy) is 2. The average Bonchev–Trinajstić information content (AvgIpc) is 2.91. The number of hydrogen-bond acceptors (Lipinski definition) is 4. The van der Waals surface area contributed by atoms with E-state index in [4.69, 9.17) is 15.2 Å². The molecule has 1 amide bonds. The maximum absolute atomic E-state index is 12.8. The third-order valence-electron chi connectivity index (χ3n) is 6.17. The summed E-state index contributed by atoms with van der Waals surface area (Å²) >= 11 is 0. The molecule has 0 saturated carbocycles. The molecule has 4 aromatic rings. The number of benzene rings is 4. The first-order chi connectivity index (χ1) is 16.7. The van der Waals surface area contributed by atoms with Gasteiger partial charge >= 0.3 is 0 Å². The average molecular weight is 451 g/mol. The summed E-state index contributed by atoms with van der Waals surface area (Å²) in [6.45, 7) is 0.405. The summed E-state index contributed by atoms with van der Waals surface area (Å²) in [7, 11) is 1.62. The highest BCUT2D eigenvalue weighted by molar-refractivity contribution is 6.06. The molecule has 1 aliphatic rings. The van der Waals surface area contributed by atoms with Crippen molar-refractivity contribution < 1.29 is 14.3 Å². The van der Waals surface area contributed by atoms with E-state index in [1.54, 1.807) is 12.0 Å². The van der Waals surface area contributed by atoms with Crippen molar-refractivity contribution in [1.29, 1.82) is 0 Å². The zero-order valence-electron chi connectivity index (χ0n) is 18.9. The molecule has 1 fully saturated rings. The highest BCUT2D eigenvalue weighted by Gasteiger charge is 2.47. The van der Waals surface area contributed by atoms with Gasteiger partial charge in [-0.3, -0.25) is 4.79 Å². The van der Waals surface area contributed by atoms with E-state index in [9.17, 15) is 4.79 Å². The maximum Gasteiger partial charge on any atom is 0.247 e. The molecular weight excluding hydrogens is 424 g/mol. The molecule has 0 unspecified atom stereocenters. The van der Waals surface area contributed by atoms with Crippen molar-refractivity contribution in [3.8, 4) is 22.6 Å². The maximum atomic E-state index is 12.8. The molecule has 1 saturated heterocycles. The topological polar surface area (TPSA) is 64.8 Å². The second kappa shape index (κ2) is 9.41. The molecule has 5 nitrogen and oxygen atoms in total. The van der Waals surface area contributed by atoms with Crippen LogP contribution in [0.3, 0.4) is 0 Å². The van der Waals surface area contributed by atoms with Crippen LogP contribution in [0.15, 0.2) is 103 Å². The minimum Gasteiger partial charge on any atom is -0.497 e. The molecule has 2 N–H and O–H groups in total. The number of anilines is 1. The Morgan fingerprint density at radius 3 is 2.15 bits per heavy atom. The van der Waals surface area contributed by atoms with Crippen molar-refractivity contribution >= 4 is 11.6 Å². The number of carbonyl (C=O) groups excluding carboxylic acids is 1. The van der Waals surface area contributed by atoms with Crippen molar-refractivity contribution in [2.24, 2.45) is 5.73 Å². The summed E-state index contributed by atoms with van der Waals surface area (Å²) in [5.74, 6) is 1.23. The van der Waals surface area contributed by atoms with Crippen molar-refractivity contribution in [3.63, 3.8) is 0 Å². The second-order valence-corrected chi connectivity index (χ2v) is 8.27. The van der Waals surface area contributed by atoms with Gasteiger partial charge in [0, 0.05) is 17.3 Å². The third-order valence-corrected chi connectivity index (χ3v) is 6.17. The second-order valence-electron chi connectivity index (χ2n) is 8.27. The summed E-state index contributed by atoms with van der Waals surface area (Å²) in [6.07, 6.45) is 0. The Labute approximate surface area is 199 Å².